The number of benzene rings is 2. The Morgan fingerprint density at radius 3 is 2.07 bits per heavy atom. The lowest BCUT2D eigenvalue weighted by Gasteiger charge is -2.36. The van der Waals surface area contributed by atoms with Gasteiger partial charge in [0, 0.05) is 31.0 Å². The lowest BCUT2D eigenvalue weighted by atomic mass is 9.73. The molecule has 144 valence electrons. The highest BCUT2D eigenvalue weighted by Gasteiger charge is 2.41. The van der Waals surface area contributed by atoms with E-state index in [0.717, 1.165) is 5.56 Å². The number of rotatable bonds is 6. The van der Waals surface area contributed by atoms with E-state index in [1.165, 1.54) is 0 Å². The zero-order chi connectivity index (χ0) is 19.3. The van der Waals surface area contributed by atoms with Crippen molar-refractivity contribution < 1.29 is 23.7 Å². The minimum atomic E-state index is -0.625. The van der Waals surface area contributed by atoms with Gasteiger partial charge in [-0.2, -0.15) is 0 Å². The maximum absolute atomic E-state index is 13.4. The molecule has 0 unspecified atom stereocenters. The van der Waals surface area contributed by atoms with Gasteiger partial charge < -0.3 is 24.3 Å². The van der Waals surface area contributed by atoms with Crippen molar-refractivity contribution in [2.75, 3.05) is 39.9 Å². The van der Waals surface area contributed by atoms with Crippen LogP contribution in [0.15, 0.2) is 42.5 Å². The molecule has 1 amide bonds. The standard InChI is InChI=1S/C21H25NO5/c1-24-17-13-16(14-18(25-2)19(17)26-3)22-20(23)21(9-11-27-12-10-21)15-7-5-4-6-8-15/h4-8,13-14H,9-12H2,1-3H3,(H,22,23). The SMILES string of the molecule is COc1cc(NC(=O)C2(c3ccccc3)CCOCC2)cc(OC)c1OC. The van der Waals surface area contributed by atoms with E-state index in [1.807, 2.05) is 30.3 Å². The van der Waals surface area contributed by atoms with Gasteiger partial charge in [0.15, 0.2) is 11.5 Å². The van der Waals surface area contributed by atoms with Gasteiger partial charge in [-0.3, -0.25) is 4.79 Å². The average Bonchev–Trinajstić information content (AvgIpc) is 2.74. The molecule has 3 rings (SSSR count). The summed E-state index contributed by atoms with van der Waals surface area (Å²) in [5.74, 6) is 1.41. The fraction of sp³-hybridized carbons (Fsp3) is 0.381. The van der Waals surface area contributed by atoms with Crippen molar-refractivity contribution in [1.29, 1.82) is 0 Å². The first-order valence-electron chi connectivity index (χ1n) is 8.89. The van der Waals surface area contributed by atoms with E-state index in [4.69, 9.17) is 18.9 Å². The molecule has 6 nitrogen and oxygen atoms in total. The molecule has 6 heteroatoms. The second-order valence-electron chi connectivity index (χ2n) is 6.43. The van der Waals surface area contributed by atoms with Gasteiger partial charge >= 0.3 is 0 Å². The Bertz CT molecular complexity index is 759. The van der Waals surface area contributed by atoms with Gasteiger partial charge in [0.25, 0.3) is 0 Å². The van der Waals surface area contributed by atoms with Crippen molar-refractivity contribution in [3.05, 3.63) is 48.0 Å². The predicted molar refractivity (Wildman–Crippen MR) is 103 cm³/mol. The Morgan fingerprint density at radius 2 is 1.56 bits per heavy atom. The molecule has 1 N–H and O–H groups in total. The molecule has 1 saturated heterocycles. The lowest BCUT2D eigenvalue weighted by molar-refractivity contribution is -0.125. The molecule has 0 atom stereocenters. The quantitative estimate of drug-likeness (QED) is 0.843. The molecular weight excluding hydrogens is 346 g/mol. The summed E-state index contributed by atoms with van der Waals surface area (Å²) in [4.78, 5) is 13.4. The highest BCUT2D eigenvalue weighted by molar-refractivity contribution is 5.99. The Labute approximate surface area is 159 Å². The fourth-order valence-electron chi connectivity index (χ4n) is 3.53. The summed E-state index contributed by atoms with van der Waals surface area (Å²) in [5.41, 5.74) is 0.967. The van der Waals surface area contributed by atoms with E-state index in [1.54, 1.807) is 33.5 Å². The molecule has 0 aromatic heterocycles. The van der Waals surface area contributed by atoms with Crippen LogP contribution in [-0.2, 0) is 14.9 Å². The van der Waals surface area contributed by atoms with Gasteiger partial charge in [-0.15, -0.1) is 0 Å². The smallest absolute Gasteiger partial charge is 0.235 e. The second kappa shape index (κ2) is 8.31. The summed E-state index contributed by atoms with van der Waals surface area (Å²) in [6.45, 7) is 1.11. The highest BCUT2D eigenvalue weighted by atomic mass is 16.5. The van der Waals surface area contributed by atoms with E-state index in [2.05, 4.69) is 5.32 Å². The topological polar surface area (TPSA) is 66.0 Å². The molecule has 1 aliphatic heterocycles. The van der Waals surface area contributed by atoms with Crippen LogP contribution in [-0.4, -0.2) is 40.5 Å². The van der Waals surface area contributed by atoms with Crippen LogP contribution in [0.1, 0.15) is 18.4 Å². The van der Waals surface area contributed by atoms with Gasteiger partial charge in [0.1, 0.15) is 0 Å². The van der Waals surface area contributed by atoms with Gasteiger partial charge in [0.2, 0.25) is 11.7 Å². The molecule has 2 aromatic rings. The van der Waals surface area contributed by atoms with E-state index in [-0.39, 0.29) is 5.91 Å². The number of nitrogens with one attached hydrogen (secondary N) is 1. The highest BCUT2D eigenvalue weighted by Crippen LogP contribution is 2.41. The summed E-state index contributed by atoms with van der Waals surface area (Å²) in [6, 6.07) is 13.3. The number of hydrogen-bond donors (Lipinski definition) is 1. The van der Waals surface area contributed by atoms with Crippen LogP contribution in [0.5, 0.6) is 17.2 Å². The zero-order valence-corrected chi connectivity index (χ0v) is 15.9. The molecule has 0 aliphatic carbocycles. The third-order valence-electron chi connectivity index (χ3n) is 5.03. The maximum atomic E-state index is 13.4. The molecule has 27 heavy (non-hydrogen) atoms. The lowest BCUT2D eigenvalue weighted by Crippen LogP contribution is -2.44. The van der Waals surface area contributed by atoms with Crippen molar-refractivity contribution in [3.8, 4) is 17.2 Å². The van der Waals surface area contributed by atoms with Crippen molar-refractivity contribution >= 4 is 11.6 Å². The molecule has 1 fully saturated rings. The third-order valence-corrected chi connectivity index (χ3v) is 5.03. The predicted octanol–water partition coefficient (Wildman–Crippen LogP) is 3.40. The third kappa shape index (κ3) is 3.71. The van der Waals surface area contributed by atoms with Crippen LogP contribution < -0.4 is 19.5 Å². The molecule has 0 saturated carbocycles. The zero-order valence-electron chi connectivity index (χ0n) is 15.9. The van der Waals surface area contributed by atoms with E-state index < -0.39 is 5.41 Å². The van der Waals surface area contributed by atoms with Crippen LogP contribution in [0.25, 0.3) is 0 Å². The Balaban J connectivity index is 1.95. The minimum Gasteiger partial charge on any atom is -0.493 e. The van der Waals surface area contributed by atoms with E-state index in [9.17, 15) is 4.79 Å². The minimum absolute atomic E-state index is 0.0636. The average molecular weight is 371 g/mol. The van der Waals surface area contributed by atoms with Crippen LogP contribution in [0.4, 0.5) is 5.69 Å². The van der Waals surface area contributed by atoms with Crippen molar-refractivity contribution in [3.63, 3.8) is 0 Å². The molecule has 0 radical (unpaired) electrons. The molecule has 1 heterocycles. The normalized spacial score (nSPS) is 15.7. The maximum Gasteiger partial charge on any atom is 0.235 e. The van der Waals surface area contributed by atoms with Crippen LogP contribution in [0.3, 0.4) is 0 Å². The number of carbonyl (C=O) groups is 1. The number of hydrogen-bond acceptors (Lipinski definition) is 5. The summed E-state index contributed by atoms with van der Waals surface area (Å²) >= 11 is 0. The molecule has 0 spiro atoms. The number of amides is 1. The number of anilines is 1. The fourth-order valence-corrected chi connectivity index (χ4v) is 3.53. The summed E-state index contributed by atoms with van der Waals surface area (Å²) in [6.07, 6.45) is 1.26. The Morgan fingerprint density at radius 1 is 0.963 bits per heavy atom. The van der Waals surface area contributed by atoms with Crippen molar-refractivity contribution in [2.24, 2.45) is 0 Å². The monoisotopic (exact) mass is 371 g/mol. The van der Waals surface area contributed by atoms with Gasteiger partial charge in [-0.05, 0) is 18.4 Å². The summed E-state index contributed by atoms with van der Waals surface area (Å²) in [7, 11) is 4.64. The largest absolute Gasteiger partial charge is 0.493 e. The molecular formula is C21H25NO5. The van der Waals surface area contributed by atoms with Crippen molar-refractivity contribution in [2.45, 2.75) is 18.3 Å². The van der Waals surface area contributed by atoms with Crippen LogP contribution >= 0.6 is 0 Å². The first-order chi connectivity index (χ1) is 13.1. The Hall–Kier alpha value is -2.73. The summed E-state index contributed by atoms with van der Waals surface area (Å²) in [5, 5.41) is 3.04. The van der Waals surface area contributed by atoms with E-state index >= 15 is 0 Å². The molecule has 2 aromatic carbocycles. The second-order valence-corrected chi connectivity index (χ2v) is 6.43. The molecule has 1 aliphatic rings. The number of methoxy groups -OCH3 is 3. The van der Waals surface area contributed by atoms with Gasteiger partial charge in [-0.1, -0.05) is 30.3 Å². The van der Waals surface area contributed by atoms with Crippen LogP contribution in [0.2, 0.25) is 0 Å². The van der Waals surface area contributed by atoms with E-state index in [0.29, 0.717) is 49.0 Å². The summed E-state index contributed by atoms with van der Waals surface area (Å²) < 4.78 is 21.6. The van der Waals surface area contributed by atoms with Gasteiger partial charge in [0.05, 0.1) is 26.7 Å². The first-order valence-corrected chi connectivity index (χ1v) is 8.89. The number of carbonyl (C=O) groups excluding carboxylic acids is 1. The van der Waals surface area contributed by atoms with Crippen LogP contribution in [0, 0.1) is 0 Å². The Kier molecular flexibility index (Phi) is 5.86. The van der Waals surface area contributed by atoms with Gasteiger partial charge in [-0.25, -0.2) is 0 Å². The first kappa shape index (κ1) is 19.0. The number of ether oxygens (including phenoxy) is 4. The van der Waals surface area contributed by atoms with Crippen molar-refractivity contribution in [1.82, 2.24) is 0 Å². The molecule has 0 bridgehead atoms.